The lowest BCUT2D eigenvalue weighted by Gasteiger charge is -2.29. The topological polar surface area (TPSA) is 55.6 Å². The second-order valence-electron chi connectivity index (χ2n) is 3.89. The third-order valence-corrected chi connectivity index (χ3v) is 2.81. The SMILES string of the molecule is Cl.Cl.NCC(=O)c1ccc(N2CCOCC2)c(F)c1. The Morgan fingerprint density at radius 1 is 1.32 bits per heavy atom. The molecule has 2 rings (SSSR count). The van der Waals surface area contributed by atoms with Crippen LogP contribution >= 0.6 is 24.8 Å². The van der Waals surface area contributed by atoms with Crippen LogP contribution in [0.1, 0.15) is 10.4 Å². The molecule has 7 heteroatoms. The normalized spacial score (nSPS) is 14.3. The summed E-state index contributed by atoms with van der Waals surface area (Å²) >= 11 is 0. The van der Waals surface area contributed by atoms with Crippen LogP contribution in [-0.4, -0.2) is 38.6 Å². The zero-order valence-electron chi connectivity index (χ0n) is 10.3. The van der Waals surface area contributed by atoms with E-state index in [1.54, 1.807) is 12.1 Å². The molecule has 0 unspecified atom stereocenters. The minimum atomic E-state index is -0.383. The van der Waals surface area contributed by atoms with Crippen molar-refractivity contribution in [2.24, 2.45) is 5.73 Å². The maximum Gasteiger partial charge on any atom is 0.176 e. The molecule has 0 radical (unpaired) electrons. The highest BCUT2D eigenvalue weighted by Crippen LogP contribution is 2.21. The van der Waals surface area contributed by atoms with Gasteiger partial charge in [0.15, 0.2) is 5.78 Å². The molecule has 19 heavy (non-hydrogen) atoms. The van der Waals surface area contributed by atoms with Gasteiger partial charge in [0.05, 0.1) is 25.4 Å². The van der Waals surface area contributed by atoms with Crippen LogP contribution in [0.15, 0.2) is 18.2 Å². The summed E-state index contributed by atoms with van der Waals surface area (Å²) in [5.74, 6) is -0.636. The Labute approximate surface area is 123 Å². The predicted molar refractivity (Wildman–Crippen MR) is 77.3 cm³/mol. The molecule has 108 valence electrons. The van der Waals surface area contributed by atoms with Gasteiger partial charge in [0.2, 0.25) is 0 Å². The third-order valence-electron chi connectivity index (χ3n) is 2.81. The summed E-state index contributed by atoms with van der Waals surface area (Å²) in [6.07, 6.45) is 0. The molecule has 1 aromatic carbocycles. The van der Waals surface area contributed by atoms with Crippen molar-refractivity contribution in [3.8, 4) is 0 Å². The summed E-state index contributed by atoms with van der Waals surface area (Å²) < 4.78 is 19.1. The van der Waals surface area contributed by atoms with E-state index in [0.717, 1.165) is 0 Å². The molecule has 4 nitrogen and oxygen atoms in total. The van der Waals surface area contributed by atoms with E-state index in [0.29, 0.717) is 37.6 Å². The number of halogens is 3. The Morgan fingerprint density at radius 3 is 2.47 bits per heavy atom. The van der Waals surface area contributed by atoms with Crippen molar-refractivity contribution in [2.75, 3.05) is 37.7 Å². The van der Waals surface area contributed by atoms with Crippen LogP contribution in [0.5, 0.6) is 0 Å². The van der Waals surface area contributed by atoms with Gasteiger partial charge in [-0.1, -0.05) is 0 Å². The molecule has 0 aliphatic carbocycles. The summed E-state index contributed by atoms with van der Waals surface area (Å²) in [4.78, 5) is 13.2. The highest BCUT2D eigenvalue weighted by atomic mass is 35.5. The molecule has 0 amide bonds. The minimum absolute atomic E-state index is 0. The highest BCUT2D eigenvalue weighted by Gasteiger charge is 2.16. The second-order valence-corrected chi connectivity index (χ2v) is 3.89. The lowest BCUT2D eigenvalue weighted by atomic mass is 10.1. The van der Waals surface area contributed by atoms with Crippen molar-refractivity contribution in [3.05, 3.63) is 29.6 Å². The summed E-state index contributed by atoms with van der Waals surface area (Å²) in [5.41, 5.74) is 6.07. The van der Waals surface area contributed by atoms with E-state index in [9.17, 15) is 9.18 Å². The number of anilines is 1. The molecule has 2 N–H and O–H groups in total. The van der Waals surface area contributed by atoms with Crippen molar-refractivity contribution in [2.45, 2.75) is 0 Å². The van der Waals surface area contributed by atoms with Crippen LogP contribution in [0.4, 0.5) is 10.1 Å². The smallest absolute Gasteiger partial charge is 0.176 e. The van der Waals surface area contributed by atoms with E-state index >= 15 is 0 Å². The maximum atomic E-state index is 13.9. The van der Waals surface area contributed by atoms with E-state index in [4.69, 9.17) is 10.5 Å². The fourth-order valence-electron chi connectivity index (χ4n) is 1.86. The summed E-state index contributed by atoms with van der Waals surface area (Å²) in [6.45, 7) is 2.43. The van der Waals surface area contributed by atoms with E-state index < -0.39 is 0 Å². The molecule has 0 aromatic heterocycles. The number of carbonyl (C=O) groups excluding carboxylic acids is 1. The number of hydrogen-bond donors (Lipinski definition) is 1. The lowest BCUT2D eigenvalue weighted by molar-refractivity contribution is 0.100. The van der Waals surface area contributed by atoms with Crippen LogP contribution in [0.3, 0.4) is 0 Å². The molecule has 0 atom stereocenters. The Kier molecular flexibility index (Phi) is 7.94. The molecule has 1 aliphatic heterocycles. The van der Waals surface area contributed by atoms with Gasteiger partial charge in [-0.05, 0) is 18.2 Å². The van der Waals surface area contributed by atoms with Crippen molar-refractivity contribution < 1.29 is 13.9 Å². The summed E-state index contributed by atoms with van der Waals surface area (Å²) in [7, 11) is 0. The number of benzene rings is 1. The van der Waals surface area contributed by atoms with Gasteiger partial charge in [-0.2, -0.15) is 0 Å². The van der Waals surface area contributed by atoms with Gasteiger partial charge in [-0.15, -0.1) is 24.8 Å². The number of ketones is 1. The van der Waals surface area contributed by atoms with Crippen molar-refractivity contribution in [1.82, 2.24) is 0 Å². The Bertz CT molecular complexity index is 426. The Morgan fingerprint density at radius 2 is 1.95 bits per heavy atom. The van der Waals surface area contributed by atoms with Gasteiger partial charge in [0.1, 0.15) is 5.82 Å². The molecule has 1 fully saturated rings. The fraction of sp³-hybridized carbons (Fsp3) is 0.417. The highest BCUT2D eigenvalue weighted by molar-refractivity contribution is 5.97. The lowest BCUT2D eigenvalue weighted by Crippen LogP contribution is -2.36. The first-order valence-electron chi connectivity index (χ1n) is 5.58. The number of ether oxygens (including phenoxy) is 1. The number of nitrogens with two attached hydrogens (primary N) is 1. The summed E-state index contributed by atoms with van der Waals surface area (Å²) in [6, 6.07) is 4.49. The van der Waals surface area contributed by atoms with Crippen LogP contribution in [0, 0.1) is 5.82 Å². The fourth-order valence-corrected chi connectivity index (χ4v) is 1.86. The number of hydrogen-bond acceptors (Lipinski definition) is 4. The third kappa shape index (κ3) is 4.31. The summed E-state index contributed by atoms with van der Waals surface area (Å²) in [5, 5.41) is 0. The molecular weight excluding hydrogens is 294 g/mol. The van der Waals surface area contributed by atoms with Crippen LogP contribution < -0.4 is 10.6 Å². The molecular formula is C12H17Cl2FN2O2. The monoisotopic (exact) mass is 310 g/mol. The van der Waals surface area contributed by atoms with Gasteiger partial charge in [0.25, 0.3) is 0 Å². The van der Waals surface area contributed by atoms with Crippen molar-refractivity contribution in [1.29, 1.82) is 0 Å². The first kappa shape index (κ1) is 18.1. The van der Waals surface area contributed by atoms with Crippen molar-refractivity contribution >= 4 is 36.3 Å². The molecule has 0 spiro atoms. The van der Waals surface area contributed by atoms with Gasteiger partial charge in [0, 0.05) is 18.7 Å². The average molecular weight is 311 g/mol. The average Bonchev–Trinajstić information content (AvgIpc) is 2.38. The van der Waals surface area contributed by atoms with E-state index in [-0.39, 0.29) is 43.0 Å². The maximum absolute atomic E-state index is 13.9. The van der Waals surface area contributed by atoms with E-state index in [1.807, 2.05) is 4.90 Å². The largest absolute Gasteiger partial charge is 0.378 e. The number of nitrogens with zero attached hydrogens (tertiary/aromatic N) is 1. The molecule has 0 bridgehead atoms. The number of carbonyl (C=O) groups is 1. The zero-order chi connectivity index (χ0) is 12.3. The van der Waals surface area contributed by atoms with Gasteiger partial charge < -0.3 is 15.4 Å². The Balaban J connectivity index is 0.00000162. The molecule has 1 saturated heterocycles. The molecule has 1 heterocycles. The molecule has 1 aliphatic rings. The van der Waals surface area contributed by atoms with E-state index in [2.05, 4.69) is 0 Å². The zero-order valence-corrected chi connectivity index (χ0v) is 11.9. The minimum Gasteiger partial charge on any atom is -0.378 e. The first-order chi connectivity index (χ1) is 8.22. The van der Waals surface area contributed by atoms with Gasteiger partial charge in [-0.25, -0.2) is 4.39 Å². The first-order valence-corrected chi connectivity index (χ1v) is 5.58. The van der Waals surface area contributed by atoms with E-state index in [1.165, 1.54) is 6.07 Å². The number of morpholine rings is 1. The molecule has 1 aromatic rings. The predicted octanol–water partition coefficient (Wildman–Crippen LogP) is 1.65. The van der Waals surface area contributed by atoms with Crippen LogP contribution in [0.2, 0.25) is 0 Å². The van der Waals surface area contributed by atoms with Crippen LogP contribution in [0.25, 0.3) is 0 Å². The van der Waals surface area contributed by atoms with Crippen LogP contribution in [-0.2, 0) is 4.74 Å². The number of rotatable bonds is 3. The second kappa shape index (κ2) is 8.32. The van der Waals surface area contributed by atoms with Gasteiger partial charge in [-0.3, -0.25) is 4.79 Å². The van der Waals surface area contributed by atoms with Gasteiger partial charge >= 0.3 is 0 Å². The van der Waals surface area contributed by atoms with Crippen molar-refractivity contribution in [3.63, 3.8) is 0 Å². The molecule has 0 saturated carbocycles. The quantitative estimate of drug-likeness (QED) is 0.863. The number of Topliss-reactive ketones (excluding diaryl/α,β-unsaturated/α-hetero) is 1. The Hall–Kier alpha value is -0.880. The standard InChI is InChI=1S/C12H15FN2O2.2ClH/c13-10-7-9(12(16)8-14)1-2-11(10)15-3-5-17-6-4-15;;/h1-2,7H,3-6,8,14H2;2*1H.